The molecule has 26 heavy (non-hydrogen) atoms. The highest BCUT2D eigenvalue weighted by molar-refractivity contribution is 7.99. The molecule has 1 heterocycles. The molecule has 1 aromatic carbocycles. The number of carbonyl (C=O) groups is 1. The van der Waals surface area contributed by atoms with Crippen LogP contribution < -0.4 is 0 Å². The molecular weight excluding hydrogens is 395 g/mol. The predicted octanol–water partition coefficient (Wildman–Crippen LogP) is 5.38. The van der Waals surface area contributed by atoms with E-state index >= 15 is 0 Å². The van der Waals surface area contributed by atoms with Crippen molar-refractivity contribution in [3.05, 3.63) is 39.8 Å². The van der Waals surface area contributed by atoms with Crippen LogP contribution in [-0.2, 0) is 23.2 Å². The van der Waals surface area contributed by atoms with Gasteiger partial charge in [-0.25, -0.2) is 4.98 Å². The highest BCUT2D eigenvalue weighted by Crippen LogP contribution is 2.36. The molecule has 0 radical (unpaired) electrons. The molecule has 0 bridgehead atoms. The zero-order chi connectivity index (χ0) is 19.3. The van der Waals surface area contributed by atoms with Crippen LogP contribution in [0.1, 0.15) is 44.1 Å². The second-order valence-electron chi connectivity index (χ2n) is 6.19. The Morgan fingerprint density at radius 3 is 2.54 bits per heavy atom. The molecule has 8 heteroatoms. The van der Waals surface area contributed by atoms with Crippen LogP contribution >= 0.6 is 35.0 Å². The molecule has 2 aromatic rings. The van der Waals surface area contributed by atoms with Crippen molar-refractivity contribution in [2.45, 2.75) is 49.1 Å². The maximum Gasteiger partial charge on any atom is 0.303 e. The van der Waals surface area contributed by atoms with Crippen molar-refractivity contribution in [3.8, 4) is 0 Å². The Bertz CT molecular complexity index is 758. The van der Waals surface area contributed by atoms with Gasteiger partial charge in [0.2, 0.25) is 0 Å². The van der Waals surface area contributed by atoms with E-state index in [0.29, 0.717) is 29.7 Å². The molecule has 0 spiro atoms. The van der Waals surface area contributed by atoms with Gasteiger partial charge in [0.15, 0.2) is 0 Å². The Morgan fingerprint density at radius 1 is 1.31 bits per heavy atom. The van der Waals surface area contributed by atoms with E-state index in [1.807, 2.05) is 23.7 Å². The molecule has 1 aromatic heterocycles. The minimum atomic E-state index is -0.813. The average Bonchev–Trinajstić information content (AvgIpc) is 2.83. The predicted molar refractivity (Wildman–Crippen MR) is 104 cm³/mol. The van der Waals surface area contributed by atoms with Crippen molar-refractivity contribution in [3.63, 3.8) is 0 Å². The van der Waals surface area contributed by atoms with E-state index in [2.05, 4.69) is 13.8 Å². The van der Waals surface area contributed by atoms with Gasteiger partial charge in [0.25, 0.3) is 0 Å². The Morgan fingerprint density at radius 2 is 1.96 bits per heavy atom. The zero-order valence-electron chi connectivity index (χ0n) is 15.0. The van der Waals surface area contributed by atoms with Crippen molar-refractivity contribution in [2.24, 2.45) is 7.05 Å². The maximum absolute atomic E-state index is 10.5. The molecule has 142 valence electrons. The minimum Gasteiger partial charge on any atom is -0.481 e. The Kier molecular flexibility index (Phi) is 7.83. The lowest BCUT2D eigenvalue weighted by molar-refractivity contribution is -0.137. The number of hydrogen-bond acceptors (Lipinski definition) is 4. The number of aliphatic carboxylic acids is 1. The van der Waals surface area contributed by atoms with Crippen LogP contribution in [0.4, 0.5) is 0 Å². The number of hydrogen-bond donors (Lipinski definition) is 1. The van der Waals surface area contributed by atoms with Crippen LogP contribution in [0.3, 0.4) is 0 Å². The summed E-state index contributed by atoms with van der Waals surface area (Å²) in [6.45, 7) is 4.92. The number of nitrogens with zero attached hydrogens (tertiary/aromatic N) is 2. The van der Waals surface area contributed by atoms with E-state index < -0.39 is 5.97 Å². The summed E-state index contributed by atoms with van der Waals surface area (Å²) < 4.78 is 7.60. The fourth-order valence-electron chi connectivity index (χ4n) is 2.36. The Hall–Kier alpha value is -1.21. The molecule has 0 atom stereocenters. The highest BCUT2D eigenvalue weighted by Gasteiger charge is 2.19. The largest absolute Gasteiger partial charge is 0.481 e. The lowest BCUT2D eigenvalue weighted by Gasteiger charge is -2.09. The number of carboxylic acids is 1. The topological polar surface area (TPSA) is 64.3 Å². The molecule has 1 N–H and O–H groups in total. The van der Waals surface area contributed by atoms with Crippen molar-refractivity contribution in [1.29, 1.82) is 0 Å². The molecule has 0 aliphatic carbocycles. The summed E-state index contributed by atoms with van der Waals surface area (Å²) in [6.07, 6.45) is 0.591. The summed E-state index contributed by atoms with van der Waals surface area (Å²) in [7, 11) is 1.95. The summed E-state index contributed by atoms with van der Waals surface area (Å²) in [4.78, 5) is 16.2. The number of aromatic nitrogens is 2. The highest BCUT2D eigenvalue weighted by atomic mass is 35.5. The van der Waals surface area contributed by atoms with Gasteiger partial charge in [-0.1, -0.05) is 48.8 Å². The summed E-state index contributed by atoms with van der Waals surface area (Å²) in [5.74, 6) is 0.241. The second-order valence-corrected chi connectivity index (χ2v) is 8.12. The second kappa shape index (κ2) is 9.65. The van der Waals surface area contributed by atoms with E-state index in [9.17, 15) is 4.79 Å². The standard InChI is InChI=1S/C18H22Cl2N2O3S/c1-11(2)17-18(26-14-8-12(19)7-13(20)9-14)22(3)15(21-17)10-25-6-4-5-16(23)24/h7-9,11H,4-6,10H2,1-3H3,(H,23,24). The van der Waals surface area contributed by atoms with Gasteiger partial charge in [0, 0.05) is 35.0 Å². The number of benzene rings is 1. The first-order chi connectivity index (χ1) is 12.3. The van der Waals surface area contributed by atoms with Gasteiger partial charge in [-0.15, -0.1) is 0 Å². The van der Waals surface area contributed by atoms with E-state index in [1.54, 1.807) is 17.8 Å². The van der Waals surface area contributed by atoms with Crippen molar-refractivity contribution >= 4 is 40.9 Å². The summed E-state index contributed by atoms with van der Waals surface area (Å²) in [6, 6.07) is 5.45. The SMILES string of the molecule is CC(C)c1nc(COCCCC(=O)O)n(C)c1Sc1cc(Cl)cc(Cl)c1. The number of rotatable bonds is 9. The first-order valence-electron chi connectivity index (χ1n) is 8.27. The first kappa shape index (κ1) is 21.1. The van der Waals surface area contributed by atoms with Crippen LogP contribution in [0.25, 0.3) is 0 Å². The van der Waals surface area contributed by atoms with Gasteiger partial charge in [0.05, 0.1) is 5.69 Å². The Labute approximate surface area is 167 Å². The molecular formula is C18H22Cl2N2O3S. The molecule has 0 saturated carbocycles. The zero-order valence-corrected chi connectivity index (χ0v) is 17.3. The molecule has 0 fully saturated rings. The quantitative estimate of drug-likeness (QED) is 0.555. The van der Waals surface area contributed by atoms with Crippen molar-refractivity contribution < 1.29 is 14.6 Å². The summed E-state index contributed by atoms with van der Waals surface area (Å²) >= 11 is 13.8. The van der Waals surface area contributed by atoms with Gasteiger partial charge < -0.3 is 14.4 Å². The maximum atomic E-state index is 10.5. The van der Waals surface area contributed by atoms with Gasteiger partial charge in [-0.2, -0.15) is 0 Å². The molecule has 5 nitrogen and oxygen atoms in total. The molecule has 2 rings (SSSR count). The molecule has 0 unspecified atom stereocenters. The van der Waals surface area contributed by atoms with Gasteiger partial charge in [0.1, 0.15) is 17.5 Å². The van der Waals surface area contributed by atoms with Gasteiger partial charge in [-0.3, -0.25) is 4.79 Å². The van der Waals surface area contributed by atoms with E-state index in [-0.39, 0.29) is 12.3 Å². The number of carboxylic acid groups (broad SMARTS) is 1. The summed E-state index contributed by atoms with van der Waals surface area (Å²) in [5, 5.41) is 10.9. The Balaban J connectivity index is 2.14. The fraction of sp³-hybridized carbons (Fsp3) is 0.444. The van der Waals surface area contributed by atoms with Gasteiger partial charge >= 0.3 is 5.97 Å². The molecule has 0 amide bonds. The van der Waals surface area contributed by atoms with Gasteiger partial charge in [-0.05, 0) is 30.5 Å². The number of halogens is 2. The molecule has 0 aliphatic rings. The van der Waals surface area contributed by atoms with Crippen LogP contribution in [0.2, 0.25) is 10.0 Å². The van der Waals surface area contributed by atoms with E-state index in [1.165, 1.54) is 0 Å². The molecule has 0 aliphatic heterocycles. The van der Waals surface area contributed by atoms with Crippen LogP contribution in [0.15, 0.2) is 28.1 Å². The van der Waals surface area contributed by atoms with Crippen LogP contribution in [0, 0.1) is 0 Å². The lowest BCUT2D eigenvalue weighted by atomic mass is 10.2. The number of imidazole rings is 1. The third kappa shape index (κ3) is 5.91. The average molecular weight is 417 g/mol. The third-order valence-corrected chi connectivity index (χ3v) is 5.25. The smallest absolute Gasteiger partial charge is 0.303 e. The van der Waals surface area contributed by atoms with E-state index in [4.69, 9.17) is 38.0 Å². The monoisotopic (exact) mass is 416 g/mol. The summed E-state index contributed by atoms with van der Waals surface area (Å²) in [5.41, 5.74) is 0.984. The fourth-order valence-corrected chi connectivity index (χ4v) is 4.24. The van der Waals surface area contributed by atoms with E-state index in [0.717, 1.165) is 21.4 Å². The van der Waals surface area contributed by atoms with Crippen LogP contribution in [-0.4, -0.2) is 27.2 Å². The minimum absolute atomic E-state index is 0.106. The first-order valence-corrected chi connectivity index (χ1v) is 9.84. The van der Waals surface area contributed by atoms with Crippen LogP contribution in [0.5, 0.6) is 0 Å². The molecule has 0 saturated heterocycles. The van der Waals surface area contributed by atoms with Crippen molar-refractivity contribution in [2.75, 3.05) is 6.61 Å². The number of ether oxygens (including phenoxy) is 1. The van der Waals surface area contributed by atoms with Crippen molar-refractivity contribution in [1.82, 2.24) is 9.55 Å². The lowest BCUT2D eigenvalue weighted by Crippen LogP contribution is -2.04. The normalized spacial score (nSPS) is 11.3. The third-order valence-electron chi connectivity index (χ3n) is 3.67.